The standard InChI is InChI=1S/C25H28S3/c1-13-8-14(2)18-10-15(3)24(21(18)9-13)28(6,7)25-22-19(11-16(4)26-22)20-12-17(5)27-23(20)25/h8-12,24-25H,1-7H3. The summed E-state index contributed by atoms with van der Waals surface area (Å²) in [7, 11) is -0.982. The van der Waals surface area contributed by atoms with Gasteiger partial charge in [-0.1, -0.05) is 29.3 Å². The fourth-order valence-electron chi connectivity index (χ4n) is 5.46. The Balaban J connectivity index is 1.71. The Kier molecular flexibility index (Phi) is 4.08. The molecule has 0 spiro atoms. The third-order valence-corrected chi connectivity index (χ3v) is 12.4. The zero-order valence-corrected chi connectivity index (χ0v) is 20.2. The first-order valence-electron chi connectivity index (χ1n) is 9.90. The second kappa shape index (κ2) is 6.10. The van der Waals surface area contributed by atoms with Gasteiger partial charge in [-0.3, -0.25) is 0 Å². The minimum absolute atomic E-state index is 0.551. The van der Waals surface area contributed by atoms with Crippen LogP contribution >= 0.6 is 32.7 Å². The number of aryl methyl sites for hydroxylation is 4. The fourth-order valence-corrected chi connectivity index (χ4v) is 12.9. The molecule has 3 aromatic rings. The van der Waals surface area contributed by atoms with Crippen LogP contribution in [0.15, 0.2) is 29.8 Å². The monoisotopic (exact) mass is 424 g/mol. The van der Waals surface area contributed by atoms with Gasteiger partial charge in [-0.15, -0.1) is 22.7 Å². The van der Waals surface area contributed by atoms with E-state index in [0.717, 1.165) is 0 Å². The minimum atomic E-state index is -0.982. The van der Waals surface area contributed by atoms with E-state index in [1.54, 1.807) is 20.9 Å². The molecule has 5 rings (SSSR count). The second-order valence-corrected chi connectivity index (χ2v) is 15.5. The van der Waals surface area contributed by atoms with Crippen molar-refractivity contribution in [2.24, 2.45) is 0 Å². The predicted molar refractivity (Wildman–Crippen MR) is 131 cm³/mol. The number of hydrogen-bond donors (Lipinski definition) is 0. The SMILES string of the molecule is CC1=Cc2c(C)cc(C)cc2C1S(C)(C)C1c2sc(C)cc2-c2cc(C)sc21. The molecule has 0 saturated carbocycles. The molecule has 3 heteroatoms. The summed E-state index contributed by atoms with van der Waals surface area (Å²) in [6.07, 6.45) is 7.66. The molecule has 0 nitrogen and oxygen atoms in total. The molecule has 146 valence electrons. The van der Waals surface area contributed by atoms with Crippen molar-refractivity contribution in [2.75, 3.05) is 12.5 Å². The first-order chi connectivity index (χ1) is 13.2. The van der Waals surface area contributed by atoms with E-state index in [2.05, 4.69) is 77.5 Å². The highest BCUT2D eigenvalue weighted by Gasteiger charge is 2.45. The molecular formula is C25H28S3. The van der Waals surface area contributed by atoms with Gasteiger partial charge in [0.25, 0.3) is 0 Å². The molecule has 0 saturated heterocycles. The molecule has 2 aliphatic carbocycles. The molecule has 1 atom stereocenters. The van der Waals surface area contributed by atoms with Crippen LogP contribution in [0.2, 0.25) is 0 Å². The van der Waals surface area contributed by atoms with Crippen LogP contribution in [0.3, 0.4) is 0 Å². The number of benzene rings is 1. The van der Waals surface area contributed by atoms with Crippen molar-refractivity contribution < 1.29 is 0 Å². The van der Waals surface area contributed by atoms with Gasteiger partial charge < -0.3 is 0 Å². The number of thiophene rings is 2. The van der Waals surface area contributed by atoms with E-state index in [4.69, 9.17) is 0 Å². The van der Waals surface area contributed by atoms with Crippen LogP contribution in [0.4, 0.5) is 0 Å². The van der Waals surface area contributed by atoms with Gasteiger partial charge in [-0.05, 0) is 87.1 Å². The van der Waals surface area contributed by atoms with E-state index < -0.39 is 10.0 Å². The first-order valence-corrected chi connectivity index (χ1v) is 14.1. The molecule has 2 aromatic heterocycles. The molecule has 28 heavy (non-hydrogen) atoms. The molecule has 1 aromatic carbocycles. The van der Waals surface area contributed by atoms with Gasteiger partial charge in [-0.25, -0.2) is 10.0 Å². The van der Waals surface area contributed by atoms with Crippen molar-refractivity contribution in [1.82, 2.24) is 0 Å². The highest BCUT2D eigenvalue weighted by molar-refractivity contribution is 8.33. The maximum atomic E-state index is 2.59. The average Bonchev–Trinajstić information content (AvgIpc) is 3.27. The molecule has 0 radical (unpaired) electrons. The largest absolute Gasteiger partial charge is 0.224 e. The van der Waals surface area contributed by atoms with Crippen LogP contribution in [0, 0.1) is 27.7 Å². The van der Waals surface area contributed by atoms with Crippen LogP contribution in [-0.2, 0) is 0 Å². The fraction of sp³-hybridized carbons (Fsp3) is 0.360. The Morgan fingerprint density at radius 2 is 1.32 bits per heavy atom. The van der Waals surface area contributed by atoms with E-state index in [1.807, 2.05) is 22.7 Å². The van der Waals surface area contributed by atoms with Gasteiger partial charge in [0, 0.05) is 24.8 Å². The lowest BCUT2D eigenvalue weighted by Gasteiger charge is -2.45. The number of rotatable bonds is 2. The summed E-state index contributed by atoms with van der Waals surface area (Å²) in [5.74, 6) is 0. The summed E-state index contributed by atoms with van der Waals surface area (Å²) >= 11 is 4.07. The predicted octanol–water partition coefficient (Wildman–Crippen LogP) is 8.34. The van der Waals surface area contributed by atoms with Crippen LogP contribution in [0.25, 0.3) is 17.2 Å². The summed E-state index contributed by atoms with van der Waals surface area (Å²) in [6, 6.07) is 9.66. The van der Waals surface area contributed by atoms with Crippen LogP contribution in [0.5, 0.6) is 0 Å². The van der Waals surface area contributed by atoms with E-state index in [0.29, 0.717) is 10.5 Å². The lowest BCUT2D eigenvalue weighted by Crippen LogP contribution is -2.15. The summed E-state index contributed by atoms with van der Waals surface area (Å²) in [5.41, 5.74) is 10.5. The van der Waals surface area contributed by atoms with Crippen molar-refractivity contribution in [2.45, 2.75) is 45.1 Å². The molecule has 2 aliphatic rings. The van der Waals surface area contributed by atoms with E-state index >= 15 is 0 Å². The minimum Gasteiger partial charge on any atom is -0.224 e. The van der Waals surface area contributed by atoms with E-state index in [1.165, 1.54) is 37.6 Å². The maximum absolute atomic E-state index is 2.59. The molecule has 0 amide bonds. The molecule has 0 N–H and O–H groups in total. The van der Waals surface area contributed by atoms with Crippen molar-refractivity contribution in [1.29, 1.82) is 0 Å². The zero-order chi connectivity index (χ0) is 20.0. The van der Waals surface area contributed by atoms with Gasteiger partial charge >= 0.3 is 0 Å². The molecule has 1 unspecified atom stereocenters. The Labute approximate surface area is 178 Å². The highest BCUT2D eigenvalue weighted by Crippen LogP contribution is 2.75. The highest BCUT2D eigenvalue weighted by atomic mass is 32.3. The Morgan fingerprint density at radius 1 is 0.750 bits per heavy atom. The van der Waals surface area contributed by atoms with Crippen molar-refractivity contribution >= 4 is 38.8 Å². The summed E-state index contributed by atoms with van der Waals surface area (Å²) in [6.45, 7) is 11.4. The topological polar surface area (TPSA) is 0 Å². The Morgan fingerprint density at radius 3 is 1.89 bits per heavy atom. The van der Waals surface area contributed by atoms with Crippen molar-refractivity contribution in [3.8, 4) is 11.1 Å². The van der Waals surface area contributed by atoms with E-state index in [-0.39, 0.29) is 0 Å². The Hall–Kier alpha value is -1.29. The number of fused-ring (bicyclic) bond motifs is 4. The lowest BCUT2D eigenvalue weighted by molar-refractivity contribution is 1.09. The average molecular weight is 425 g/mol. The number of hydrogen-bond acceptors (Lipinski definition) is 2. The smallest absolute Gasteiger partial charge is 0.0596 e. The molecule has 0 bridgehead atoms. The third kappa shape index (κ3) is 2.49. The molecule has 0 fully saturated rings. The van der Waals surface area contributed by atoms with Crippen LogP contribution < -0.4 is 0 Å². The van der Waals surface area contributed by atoms with Gasteiger partial charge in [-0.2, -0.15) is 0 Å². The summed E-state index contributed by atoms with van der Waals surface area (Å²) in [4.78, 5) is 6.16. The Bertz CT molecular complexity index is 1110. The molecular weight excluding hydrogens is 396 g/mol. The van der Waals surface area contributed by atoms with Crippen molar-refractivity contribution in [3.63, 3.8) is 0 Å². The van der Waals surface area contributed by atoms with Gasteiger partial charge in [0.15, 0.2) is 0 Å². The molecule has 2 heterocycles. The van der Waals surface area contributed by atoms with Crippen molar-refractivity contribution in [3.05, 3.63) is 71.6 Å². The zero-order valence-electron chi connectivity index (χ0n) is 17.8. The first kappa shape index (κ1) is 18.7. The normalized spacial score (nSPS) is 18.8. The summed E-state index contributed by atoms with van der Waals surface area (Å²) in [5, 5.41) is 1.12. The van der Waals surface area contributed by atoms with Crippen LogP contribution in [-0.4, -0.2) is 12.5 Å². The van der Waals surface area contributed by atoms with Gasteiger partial charge in [0.1, 0.15) is 0 Å². The molecule has 0 aliphatic heterocycles. The lowest BCUT2D eigenvalue weighted by atomic mass is 10.0. The quantitative estimate of drug-likeness (QED) is 0.388. The van der Waals surface area contributed by atoms with Crippen LogP contribution in [0.1, 0.15) is 59.2 Å². The third-order valence-electron chi connectivity index (χ3n) is 6.38. The second-order valence-electron chi connectivity index (χ2n) is 8.99. The maximum Gasteiger partial charge on any atom is 0.0596 e. The van der Waals surface area contributed by atoms with Gasteiger partial charge in [0.2, 0.25) is 0 Å². The summed E-state index contributed by atoms with van der Waals surface area (Å²) < 4.78 is 0. The van der Waals surface area contributed by atoms with Gasteiger partial charge in [0.05, 0.1) is 5.25 Å². The van der Waals surface area contributed by atoms with E-state index in [9.17, 15) is 0 Å².